The third kappa shape index (κ3) is 2.86. The van der Waals surface area contributed by atoms with E-state index in [1.807, 2.05) is 0 Å². The molecule has 0 spiro atoms. The molecule has 3 rings (SSSR count). The Bertz CT molecular complexity index is 408. The van der Waals surface area contributed by atoms with E-state index in [2.05, 4.69) is 36.5 Å². The smallest absolute Gasteiger partial charge is 0.00731 e. The summed E-state index contributed by atoms with van der Waals surface area (Å²) >= 11 is 0. The van der Waals surface area contributed by atoms with Crippen LogP contribution in [0.4, 0.5) is 0 Å². The Morgan fingerprint density at radius 1 is 1.00 bits per heavy atom. The fourth-order valence-electron chi connectivity index (χ4n) is 3.77. The largest absolute Gasteiger partial charge is 0.314 e. The van der Waals surface area contributed by atoms with Crippen molar-refractivity contribution in [3.05, 3.63) is 35.4 Å². The lowest BCUT2D eigenvalue weighted by molar-refractivity contribution is 0.414. The second-order valence-electron chi connectivity index (χ2n) is 6.42. The molecule has 0 heterocycles. The molecule has 1 aromatic carbocycles. The van der Waals surface area contributed by atoms with Gasteiger partial charge in [-0.25, -0.2) is 0 Å². The van der Waals surface area contributed by atoms with Crippen LogP contribution in [0.3, 0.4) is 0 Å². The summed E-state index contributed by atoms with van der Waals surface area (Å²) in [5, 5.41) is 3.71. The average Bonchev–Trinajstić information content (AvgIpc) is 2.84. The predicted octanol–water partition coefficient (Wildman–Crippen LogP) is 4.59. The quantitative estimate of drug-likeness (QED) is 0.813. The molecule has 0 saturated heterocycles. The maximum absolute atomic E-state index is 3.71. The second kappa shape index (κ2) is 6.09. The van der Waals surface area contributed by atoms with Crippen LogP contribution in [0.1, 0.15) is 74.8 Å². The highest BCUT2D eigenvalue weighted by Crippen LogP contribution is 2.43. The van der Waals surface area contributed by atoms with Gasteiger partial charge in [0.15, 0.2) is 0 Å². The first-order valence-corrected chi connectivity index (χ1v) is 8.20. The molecule has 0 amide bonds. The van der Waals surface area contributed by atoms with Gasteiger partial charge in [0.1, 0.15) is 0 Å². The van der Waals surface area contributed by atoms with Crippen molar-refractivity contribution >= 4 is 0 Å². The van der Waals surface area contributed by atoms with Gasteiger partial charge in [-0.3, -0.25) is 0 Å². The van der Waals surface area contributed by atoms with Gasteiger partial charge in [0.05, 0.1) is 0 Å². The number of hydrogen-bond acceptors (Lipinski definition) is 1. The lowest BCUT2D eigenvalue weighted by atomic mass is 9.76. The van der Waals surface area contributed by atoms with Crippen LogP contribution in [-0.4, -0.2) is 12.6 Å². The SMILES string of the molecule is CCCNC1CCC(c2ccccc2C2CCC2)C1. The summed E-state index contributed by atoms with van der Waals surface area (Å²) in [4.78, 5) is 0. The summed E-state index contributed by atoms with van der Waals surface area (Å²) in [5.41, 5.74) is 3.35. The molecule has 0 bridgehead atoms. The summed E-state index contributed by atoms with van der Waals surface area (Å²) in [6, 6.07) is 10.0. The highest BCUT2D eigenvalue weighted by molar-refractivity contribution is 5.35. The van der Waals surface area contributed by atoms with Crippen LogP contribution in [-0.2, 0) is 0 Å². The van der Waals surface area contributed by atoms with Gasteiger partial charge in [0.25, 0.3) is 0 Å². The average molecular weight is 257 g/mol. The van der Waals surface area contributed by atoms with Crippen molar-refractivity contribution in [2.45, 2.75) is 69.7 Å². The Kier molecular flexibility index (Phi) is 4.22. The van der Waals surface area contributed by atoms with Gasteiger partial charge in [-0.05, 0) is 68.0 Å². The molecule has 2 saturated carbocycles. The Labute approximate surface area is 117 Å². The lowest BCUT2D eigenvalue weighted by Crippen LogP contribution is -2.27. The highest BCUT2D eigenvalue weighted by atomic mass is 14.9. The first-order chi connectivity index (χ1) is 9.38. The monoisotopic (exact) mass is 257 g/mol. The summed E-state index contributed by atoms with van der Waals surface area (Å²) < 4.78 is 0. The molecule has 19 heavy (non-hydrogen) atoms. The van der Waals surface area contributed by atoms with Crippen molar-refractivity contribution in [1.29, 1.82) is 0 Å². The molecule has 1 N–H and O–H groups in total. The third-order valence-electron chi connectivity index (χ3n) is 5.10. The Balaban J connectivity index is 1.69. The fourth-order valence-corrected chi connectivity index (χ4v) is 3.77. The summed E-state index contributed by atoms with van der Waals surface area (Å²) in [6.45, 7) is 3.44. The van der Waals surface area contributed by atoms with E-state index < -0.39 is 0 Å². The zero-order chi connectivity index (χ0) is 13.1. The van der Waals surface area contributed by atoms with Gasteiger partial charge in [-0.1, -0.05) is 37.6 Å². The van der Waals surface area contributed by atoms with E-state index >= 15 is 0 Å². The number of hydrogen-bond donors (Lipinski definition) is 1. The van der Waals surface area contributed by atoms with Crippen molar-refractivity contribution in [2.75, 3.05) is 6.54 Å². The van der Waals surface area contributed by atoms with E-state index in [1.165, 1.54) is 51.5 Å². The second-order valence-corrected chi connectivity index (χ2v) is 6.42. The molecule has 1 heteroatoms. The minimum atomic E-state index is 0.763. The Morgan fingerprint density at radius 3 is 2.37 bits per heavy atom. The summed E-state index contributed by atoms with van der Waals surface area (Å²) in [5.74, 6) is 1.69. The van der Waals surface area contributed by atoms with Gasteiger partial charge < -0.3 is 5.32 Å². The van der Waals surface area contributed by atoms with Gasteiger partial charge in [-0.15, -0.1) is 0 Å². The molecule has 0 aliphatic heterocycles. The molecular formula is C18H27N. The predicted molar refractivity (Wildman–Crippen MR) is 81.7 cm³/mol. The van der Waals surface area contributed by atoms with E-state index in [4.69, 9.17) is 0 Å². The number of rotatable bonds is 5. The molecule has 1 aromatic rings. The molecule has 1 nitrogen and oxygen atoms in total. The van der Waals surface area contributed by atoms with Gasteiger partial charge in [-0.2, -0.15) is 0 Å². The van der Waals surface area contributed by atoms with Gasteiger partial charge in [0.2, 0.25) is 0 Å². The van der Waals surface area contributed by atoms with Crippen molar-refractivity contribution in [2.24, 2.45) is 0 Å². The molecular weight excluding hydrogens is 230 g/mol. The van der Waals surface area contributed by atoms with E-state index in [0.29, 0.717) is 0 Å². The summed E-state index contributed by atoms with van der Waals surface area (Å²) in [7, 11) is 0. The maximum Gasteiger partial charge on any atom is 0.00731 e. The third-order valence-corrected chi connectivity index (χ3v) is 5.10. The normalized spacial score (nSPS) is 27.4. The van der Waals surface area contributed by atoms with Crippen LogP contribution < -0.4 is 5.32 Å². The standard InChI is InChI=1S/C18H27N/c1-2-12-19-16-11-10-15(13-16)18-9-4-3-8-17(18)14-6-5-7-14/h3-4,8-9,14-16,19H,2,5-7,10-13H2,1H3. The van der Waals surface area contributed by atoms with Gasteiger partial charge in [0, 0.05) is 6.04 Å². The van der Waals surface area contributed by atoms with Crippen LogP contribution >= 0.6 is 0 Å². The van der Waals surface area contributed by atoms with Gasteiger partial charge >= 0.3 is 0 Å². The molecule has 0 radical (unpaired) electrons. The van der Waals surface area contributed by atoms with Crippen LogP contribution in [0, 0.1) is 0 Å². The van der Waals surface area contributed by atoms with Crippen LogP contribution in [0.15, 0.2) is 24.3 Å². The Hall–Kier alpha value is -0.820. The molecule has 2 fully saturated rings. The molecule has 104 valence electrons. The molecule has 2 atom stereocenters. The zero-order valence-corrected chi connectivity index (χ0v) is 12.2. The van der Waals surface area contributed by atoms with Crippen molar-refractivity contribution in [1.82, 2.24) is 5.32 Å². The van der Waals surface area contributed by atoms with Crippen molar-refractivity contribution in [3.8, 4) is 0 Å². The summed E-state index contributed by atoms with van der Waals surface area (Å²) in [6.07, 6.45) is 9.62. The maximum atomic E-state index is 3.71. The van der Waals surface area contributed by atoms with Crippen molar-refractivity contribution in [3.63, 3.8) is 0 Å². The fraction of sp³-hybridized carbons (Fsp3) is 0.667. The van der Waals surface area contributed by atoms with Crippen LogP contribution in [0.5, 0.6) is 0 Å². The minimum absolute atomic E-state index is 0.763. The first-order valence-electron chi connectivity index (χ1n) is 8.20. The van der Waals surface area contributed by atoms with E-state index in [0.717, 1.165) is 17.9 Å². The van der Waals surface area contributed by atoms with Crippen molar-refractivity contribution < 1.29 is 0 Å². The zero-order valence-electron chi connectivity index (χ0n) is 12.2. The number of benzene rings is 1. The molecule has 2 aliphatic carbocycles. The Morgan fingerprint density at radius 2 is 1.74 bits per heavy atom. The number of nitrogens with one attached hydrogen (secondary N) is 1. The minimum Gasteiger partial charge on any atom is -0.314 e. The van der Waals surface area contributed by atoms with E-state index in [1.54, 1.807) is 11.1 Å². The van der Waals surface area contributed by atoms with E-state index in [9.17, 15) is 0 Å². The lowest BCUT2D eigenvalue weighted by Gasteiger charge is -2.29. The first kappa shape index (κ1) is 13.2. The molecule has 2 aliphatic rings. The molecule has 2 unspecified atom stereocenters. The van der Waals surface area contributed by atoms with E-state index in [-0.39, 0.29) is 0 Å². The highest BCUT2D eigenvalue weighted by Gasteiger charge is 2.29. The molecule has 0 aromatic heterocycles. The van der Waals surface area contributed by atoms with Crippen LogP contribution in [0.2, 0.25) is 0 Å². The van der Waals surface area contributed by atoms with Crippen LogP contribution in [0.25, 0.3) is 0 Å². The topological polar surface area (TPSA) is 12.0 Å².